The monoisotopic (exact) mass is 441 g/mol. The number of ketones is 1. The molecule has 3 rings (SSSR count). The number of allylic oxidation sites excluding steroid dienone is 1. The Kier molecular flexibility index (Phi) is 7.34. The van der Waals surface area contributed by atoms with Gasteiger partial charge in [-0.05, 0) is 23.6 Å². The topological polar surface area (TPSA) is 162 Å². The lowest BCUT2D eigenvalue weighted by molar-refractivity contribution is -0.131. The van der Waals surface area contributed by atoms with E-state index in [1.54, 1.807) is 7.11 Å². The number of aromatic nitrogens is 4. The van der Waals surface area contributed by atoms with Gasteiger partial charge in [0.1, 0.15) is 12.1 Å². The summed E-state index contributed by atoms with van der Waals surface area (Å²) in [5, 5.41) is 8.56. The van der Waals surface area contributed by atoms with E-state index in [1.807, 2.05) is 24.3 Å². The van der Waals surface area contributed by atoms with E-state index in [0.29, 0.717) is 24.2 Å². The van der Waals surface area contributed by atoms with Crippen LogP contribution in [0.15, 0.2) is 41.2 Å². The lowest BCUT2D eigenvalue weighted by Crippen LogP contribution is -2.18. The van der Waals surface area contributed by atoms with E-state index in [-0.39, 0.29) is 42.9 Å². The molecule has 3 aromatic rings. The van der Waals surface area contributed by atoms with E-state index in [1.165, 1.54) is 4.57 Å². The van der Waals surface area contributed by atoms with Crippen molar-refractivity contribution in [1.29, 1.82) is 0 Å². The molecule has 168 valence electrons. The molecule has 0 atom stereocenters. The molecule has 0 radical (unpaired) electrons. The van der Waals surface area contributed by atoms with Crippen molar-refractivity contribution in [2.75, 3.05) is 26.1 Å². The maximum absolute atomic E-state index is 12.5. The predicted octanol–water partition coefficient (Wildman–Crippen LogP) is 0.918. The average molecular weight is 441 g/mol. The third-order valence-corrected chi connectivity index (χ3v) is 4.58. The van der Waals surface area contributed by atoms with E-state index < -0.39 is 5.97 Å². The largest absolute Gasteiger partial charge is 0.478 e. The number of benzene rings is 1. The summed E-state index contributed by atoms with van der Waals surface area (Å²) in [6.45, 7) is 0.842. The van der Waals surface area contributed by atoms with E-state index in [4.69, 9.17) is 20.3 Å². The molecule has 2 aromatic heterocycles. The van der Waals surface area contributed by atoms with Crippen molar-refractivity contribution in [2.45, 2.75) is 19.4 Å². The molecular weight excluding hydrogens is 418 g/mol. The molecule has 0 unspecified atom stereocenters. The number of hydrogen-bond acceptors (Lipinski definition) is 8. The number of nitrogen functional groups attached to an aromatic ring is 1. The zero-order valence-electron chi connectivity index (χ0n) is 17.4. The number of methoxy groups -OCH3 is 1. The number of carbonyl (C=O) groups excluding carboxylic acids is 1. The highest BCUT2D eigenvalue weighted by Gasteiger charge is 2.15. The van der Waals surface area contributed by atoms with E-state index in [0.717, 1.165) is 23.3 Å². The summed E-state index contributed by atoms with van der Waals surface area (Å²) in [4.78, 5) is 45.6. The molecule has 0 aliphatic rings. The first-order chi connectivity index (χ1) is 15.4. The fourth-order valence-electron chi connectivity index (χ4n) is 2.97. The van der Waals surface area contributed by atoms with Crippen molar-refractivity contribution in [1.82, 2.24) is 19.5 Å². The lowest BCUT2D eigenvalue weighted by atomic mass is 10.1. The number of fused-ring (bicyclic) bond motifs is 1. The first-order valence-electron chi connectivity index (χ1n) is 9.76. The van der Waals surface area contributed by atoms with Gasteiger partial charge in [0.2, 0.25) is 0 Å². The molecule has 2 heterocycles. The van der Waals surface area contributed by atoms with Crippen molar-refractivity contribution in [3.05, 3.63) is 58.0 Å². The zero-order chi connectivity index (χ0) is 23.1. The van der Waals surface area contributed by atoms with Gasteiger partial charge in [-0.2, -0.15) is 9.97 Å². The number of carboxylic acids is 1. The van der Waals surface area contributed by atoms with Crippen molar-refractivity contribution in [2.24, 2.45) is 0 Å². The molecule has 0 fully saturated rings. The molecule has 0 bridgehead atoms. The number of imidazole rings is 1. The molecule has 1 aromatic carbocycles. The maximum atomic E-state index is 12.5. The minimum atomic E-state index is -1.16. The molecule has 11 heteroatoms. The molecule has 0 aliphatic heterocycles. The Morgan fingerprint density at radius 1 is 1.16 bits per heavy atom. The van der Waals surface area contributed by atoms with E-state index in [2.05, 4.69) is 15.0 Å². The molecule has 0 saturated carbocycles. The van der Waals surface area contributed by atoms with E-state index in [9.17, 15) is 14.4 Å². The second-order valence-electron chi connectivity index (χ2n) is 6.90. The Bertz CT molecular complexity index is 1200. The fourth-order valence-corrected chi connectivity index (χ4v) is 2.97. The van der Waals surface area contributed by atoms with Gasteiger partial charge in [-0.3, -0.25) is 9.36 Å². The van der Waals surface area contributed by atoms with Gasteiger partial charge in [-0.25, -0.2) is 9.59 Å². The number of aromatic amines is 1. The van der Waals surface area contributed by atoms with Gasteiger partial charge >= 0.3 is 17.7 Å². The smallest absolute Gasteiger partial charge is 0.328 e. The minimum Gasteiger partial charge on any atom is -0.478 e. The number of nitrogens with zero attached hydrogens (tertiary/aromatic N) is 3. The van der Waals surface area contributed by atoms with Crippen molar-refractivity contribution >= 4 is 28.7 Å². The summed E-state index contributed by atoms with van der Waals surface area (Å²) in [6, 6.07) is 7.45. The standard InChI is InChI=1S/C21H23N5O6/c1-31-10-11-32-20-24-18(22)17-19(25-20)26(21(30)23-17)12-14-4-2-13(3-5-14)6-7-15(27)8-9-16(28)29/h2-5,8-9H,6-7,10-12H2,1H3,(H,23,30)(H,28,29)(H2,22,24,25)/b9-8-. The fraction of sp³-hybridized carbons (Fsp3) is 0.286. The number of rotatable bonds is 11. The Hall–Kier alpha value is -3.99. The Labute approximate surface area is 182 Å². The number of aliphatic carboxylic acids is 1. The van der Waals surface area contributed by atoms with Crippen LogP contribution in [-0.2, 0) is 27.3 Å². The van der Waals surface area contributed by atoms with Crippen LogP contribution in [0.5, 0.6) is 6.01 Å². The van der Waals surface area contributed by atoms with Crippen LogP contribution in [0, 0.1) is 0 Å². The molecule has 11 nitrogen and oxygen atoms in total. The maximum Gasteiger partial charge on any atom is 0.328 e. The van der Waals surface area contributed by atoms with Crippen molar-refractivity contribution in [3.63, 3.8) is 0 Å². The number of aryl methyl sites for hydroxylation is 1. The number of hydrogen-bond donors (Lipinski definition) is 3. The third-order valence-electron chi connectivity index (χ3n) is 4.58. The van der Waals surface area contributed by atoms with Crippen LogP contribution < -0.4 is 16.2 Å². The minimum absolute atomic E-state index is 0.0526. The van der Waals surface area contributed by atoms with Crippen molar-refractivity contribution in [3.8, 4) is 6.01 Å². The van der Waals surface area contributed by atoms with Crippen molar-refractivity contribution < 1.29 is 24.2 Å². The summed E-state index contributed by atoms with van der Waals surface area (Å²) < 4.78 is 11.8. The number of H-pyrrole nitrogens is 1. The predicted molar refractivity (Wildman–Crippen MR) is 116 cm³/mol. The Morgan fingerprint density at radius 2 is 1.88 bits per heavy atom. The first kappa shape index (κ1) is 22.7. The molecule has 32 heavy (non-hydrogen) atoms. The van der Waals surface area contributed by atoms with Gasteiger partial charge < -0.3 is 25.3 Å². The molecule has 4 N–H and O–H groups in total. The van der Waals surface area contributed by atoms with Crippen LogP contribution in [0.3, 0.4) is 0 Å². The summed E-state index contributed by atoms with van der Waals surface area (Å²) in [5.74, 6) is -1.31. The van der Waals surface area contributed by atoms with E-state index >= 15 is 0 Å². The summed E-state index contributed by atoms with van der Waals surface area (Å²) >= 11 is 0. The highest BCUT2D eigenvalue weighted by Crippen LogP contribution is 2.19. The summed E-state index contributed by atoms with van der Waals surface area (Å²) in [5.41, 5.74) is 7.98. The highest BCUT2D eigenvalue weighted by atomic mass is 16.5. The second-order valence-corrected chi connectivity index (χ2v) is 6.90. The van der Waals surface area contributed by atoms with Crippen LogP contribution in [0.25, 0.3) is 11.2 Å². The van der Waals surface area contributed by atoms with Crippen LogP contribution >= 0.6 is 0 Å². The average Bonchev–Trinajstić information content (AvgIpc) is 3.08. The normalized spacial score (nSPS) is 11.3. The third kappa shape index (κ3) is 5.79. The zero-order valence-corrected chi connectivity index (χ0v) is 17.4. The van der Waals surface area contributed by atoms with Gasteiger partial charge in [0.05, 0.1) is 13.2 Å². The van der Waals surface area contributed by atoms with Crippen LogP contribution in [0.2, 0.25) is 0 Å². The lowest BCUT2D eigenvalue weighted by Gasteiger charge is -2.07. The van der Waals surface area contributed by atoms with Gasteiger partial charge in [-0.1, -0.05) is 24.3 Å². The molecule has 0 saturated heterocycles. The quantitative estimate of drug-likeness (QED) is 0.290. The highest BCUT2D eigenvalue weighted by molar-refractivity contribution is 5.95. The summed E-state index contributed by atoms with van der Waals surface area (Å²) in [7, 11) is 1.55. The number of nitrogens with two attached hydrogens (primary N) is 1. The number of ether oxygens (including phenoxy) is 2. The summed E-state index contributed by atoms with van der Waals surface area (Å²) in [6.07, 6.45) is 2.56. The molecule has 0 spiro atoms. The first-order valence-corrected chi connectivity index (χ1v) is 9.76. The molecule has 0 aliphatic carbocycles. The number of nitrogens with one attached hydrogen (secondary N) is 1. The number of carboxylic acid groups (broad SMARTS) is 1. The van der Waals surface area contributed by atoms with Crippen LogP contribution in [0.1, 0.15) is 17.5 Å². The second kappa shape index (κ2) is 10.4. The van der Waals surface area contributed by atoms with Crippen LogP contribution in [-0.4, -0.2) is 56.7 Å². The van der Waals surface area contributed by atoms with Crippen LogP contribution in [0.4, 0.5) is 5.82 Å². The number of carbonyl (C=O) groups is 2. The van der Waals surface area contributed by atoms with Gasteiger partial charge in [0, 0.05) is 19.6 Å². The van der Waals surface area contributed by atoms with Gasteiger partial charge in [-0.15, -0.1) is 0 Å². The Balaban J connectivity index is 1.73. The number of anilines is 1. The Morgan fingerprint density at radius 3 is 2.56 bits per heavy atom. The SMILES string of the molecule is COCCOc1nc(N)c2[nH]c(=O)n(Cc3ccc(CCC(=O)/C=C\C(=O)O)cc3)c2n1. The molecule has 0 amide bonds. The molecular formula is C21H23N5O6. The van der Waals surface area contributed by atoms with Gasteiger partial charge in [0.25, 0.3) is 0 Å². The van der Waals surface area contributed by atoms with Gasteiger partial charge in [0.15, 0.2) is 17.2 Å².